The average Bonchev–Trinajstić information content (AvgIpc) is 1.97. The number of halogens is 2. The van der Waals surface area contributed by atoms with Gasteiger partial charge in [0.2, 0.25) is 0 Å². The second-order valence-electron chi connectivity index (χ2n) is 2.50. The zero-order chi connectivity index (χ0) is 7.66. The normalized spacial score (nSPS) is 10.2. The number of rotatable bonds is 7. The first-order chi connectivity index (χ1) is 4.91. The van der Waals surface area contributed by atoms with Crippen molar-refractivity contribution in [2.75, 3.05) is 12.6 Å². The van der Waals surface area contributed by atoms with Crippen LogP contribution in [0.4, 0.5) is 4.39 Å². The molecule has 0 aliphatic heterocycles. The lowest BCUT2D eigenvalue weighted by Crippen LogP contribution is -1.81. The molecule has 0 aromatic rings. The Balaban J connectivity index is 2.65. The second kappa shape index (κ2) is 9.22. The maximum absolute atomic E-state index is 11.5. The predicted molar refractivity (Wildman–Crippen MR) is 44.4 cm³/mol. The minimum atomic E-state index is -0.157. The highest BCUT2D eigenvalue weighted by atomic mass is 35.5. The highest BCUT2D eigenvalue weighted by molar-refractivity contribution is 6.17. The van der Waals surface area contributed by atoms with Gasteiger partial charge in [-0.25, -0.2) is 0 Å². The molecular weight excluding hydrogens is 151 g/mol. The molecule has 0 spiro atoms. The van der Waals surface area contributed by atoms with E-state index in [2.05, 4.69) is 0 Å². The van der Waals surface area contributed by atoms with Gasteiger partial charge in [0.05, 0.1) is 6.67 Å². The first-order valence-corrected chi connectivity index (χ1v) is 4.57. The van der Waals surface area contributed by atoms with Crippen LogP contribution >= 0.6 is 11.6 Å². The van der Waals surface area contributed by atoms with E-state index in [1.54, 1.807) is 0 Å². The molecule has 0 atom stereocenters. The predicted octanol–water partition coefficient (Wildman–Crippen LogP) is 3.54. The quantitative estimate of drug-likeness (QED) is 0.401. The summed E-state index contributed by atoms with van der Waals surface area (Å²) in [5.41, 5.74) is 0. The zero-order valence-corrected chi connectivity index (χ0v) is 7.17. The van der Waals surface area contributed by atoms with Gasteiger partial charge >= 0.3 is 0 Å². The molecule has 0 aliphatic carbocycles. The minimum absolute atomic E-state index is 0.157. The lowest BCUT2D eigenvalue weighted by atomic mass is 10.1. The van der Waals surface area contributed by atoms with E-state index < -0.39 is 0 Å². The molecule has 0 rings (SSSR count). The molecule has 10 heavy (non-hydrogen) atoms. The number of unbranched alkanes of at least 4 members (excludes halogenated alkanes) is 5. The molecule has 0 bridgehead atoms. The Hall–Kier alpha value is 0.220. The van der Waals surface area contributed by atoms with Gasteiger partial charge in [0.1, 0.15) is 0 Å². The van der Waals surface area contributed by atoms with Gasteiger partial charge in [0, 0.05) is 5.88 Å². The minimum Gasteiger partial charge on any atom is -0.251 e. The standard InChI is InChI=1S/C8H16ClF/c9-7-5-3-1-2-4-6-8-10/h1-8H2. The van der Waals surface area contributed by atoms with Gasteiger partial charge < -0.3 is 0 Å². The van der Waals surface area contributed by atoms with E-state index in [-0.39, 0.29) is 6.67 Å². The molecule has 2 heteroatoms. The van der Waals surface area contributed by atoms with Gasteiger partial charge in [-0.05, 0) is 12.8 Å². The third-order valence-electron chi connectivity index (χ3n) is 1.52. The van der Waals surface area contributed by atoms with Gasteiger partial charge in [0.15, 0.2) is 0 Å². The summed E-state index contributed by atoms with van der Waals surface area (Å²) in [5.74, 6) is 0.767. The van der Waals surface area contributed by atoms with Crippen LogP contribution in [0.5, 0.6) is 0 Å². The summed E-state index contributed by atoms with van der Waals surface area (Å²) in [7, 11) is 0. The summed E-state index contributed by atoms with van der Waals surface area (Å²) in [6.45, 7) is -0.157. The molecule has 0 fully saturated rings. The van der Waals surface area contributed by atoms with Crippen molar-refractivity contribution in [3.8, 4) is 0 Å². The number of alkyl halides is 2. The van der Waals surface area contributed by atoms with E-state index in [1.165, 1.54) is 19.3 Å². The SMILES string of the molecule is FCCCCCCCCCl. The average molecular weight is 167 g/mol. The van der Waals surface area contributed by atoms with E-state index in [0.717, 1.165) is 25.1 Å². The van der Waals surface area contributed by atoms with Crippen LogP contribution in [0, 0.1) is 0 Å². The fourth-order valence-corrected chi connectivity index (χ4v) is 1.09. The van der Waals surface area contributed by atoms with E-state index in [9.17, 15) is 4.39 Å². The monoisotopic (exact) mass is 166 g/mol. The summed E-state index contributed by atoms with van der Waals surface area (Å²) in [5, 5.41) is 0. The summed E-state index contributed by atoms with van der Waals surface area (Å²) >= 11 is 5.48. The summed E-state index contributed by atoms with van der Waals surface area (Å²) < 4.78 is 11.5. The van der Waals surface area contributed by atoms with Crippen LogP contribution in [0.2, 0.25) is 0 Å². The Morgan fingerprint density at radius 3 is 1.80 bits per heavy atom. The molecule has 0 aromatic heterocycles. The van der Waals surface area contributed by atoms with Gasteiger partial charge in [0.25, 0.3) is 0 Å². The smallest absolute Gasteiger partial charge is 0.0894 e. The highest BCUT2D eigenvalue weighted by Gasteiger charge is 1.89. The molecule has 0 amide bonds. The summed E-state index contributed by atoms with van der Waals surface area (Å²) in [4.78, 5) is 0. The van der Waals surface area contributed by atoms with Crippen molar-refractivity contribution in [3.05, 3.63) is 0 Å². The second-order valence-corrected chi connectivity index (χ2v) is 2.88. The maximum Gasteiger partial charge on any atom is 0.0894 e. The first kappa shape index (κ1) is 10.2. The third-order valence-corrected chi connectivity index (χ3v) is 1.78. The van der Waals surface area contributed by atoms with Crippen LogP contribution in [-0.2, 0) is 0 Å². The van der Waals surface area contributed by atoms with Crippen LogP contribution in [0.1, 0.15) is 38.5 Å². The Labute approximate surface area is 67.8 Å². The molecule has 0 aliphatic rings. The van der Waals surface area contributed by atoms with E-state index >= 15 is 0 Å². The summed E-state index contributed by atoms with van der Waals surface area (Å²) in [6, 6.07) is 0. The fraction of sp³-hybridized carbons (Fsp3) is 1.00. The van der Waals surface area contributed by atoms with Crippen molar-refractivity contribution in [1.82, 2.24) is 0 Å². The fourth-order valence-electron chi connectivity index (χ4n) is 0.896. The van der Waals surface area contributed by atoms with Crippen molar-refractivity contribution in [2.45, 2.75) is 38.5 Å². The van der Waals surface area contributed by atoms with Crippen molar-refractivity contribution in [3.63, 3.8) is 0 Å². The lowest BCUT2D eigenvalue weighted by molar-refractivity contribution is 0.451. The molecule has 0 unspecified atom stereocenters. The van der Waals surface area contributed by atoms with Crippen molar-refractivity contribution >= 4 is 11.6 Å². The number of hydrogen-bond donors (Lipinski definition) is 0. The van der Waals surface area contributed by atoms with Crippen LogP contribution in [0.15, 0.2) is 0 Å². The van der Waals surface area contributed by atoms with Crippen molar-refractivity contribution in [1.29, 1.82) is 0 Å². The van der Waals surface area contributed by atoms with Crippen LogP contribution in [0.3, 0.4) is 0 Å². The lowest BCUT2D eigenvalue weighted by Gasteiger charge is -1.96. The molecule has 0 radical (unpaired) electrons. The molecule has 0 nitrogen and oxygen atoms in total. The molecule has 0 heterocycles. The van der Waals surface area contributed by atoms with Gasteiger partial charge in [-0.3, -0.25) is 4.39 Å². The first-order valence-electron chi connectivity index (χ1n) is 4.03. The van der Waals surface area contributed by atoms with Gasteiger partial charge in [-0.15, -0.1) is 11.6 Å². The van der Waals surface area contributed by atoms with Crippen LogP contribution < -0.4 is 0 Å². The zero-order valence-electron chi connectivity index (χ0n) is 6.41. The largest absolute Gasteiger partial charge is 0.251 e. The highest BCUT2D eigenvalue weighted by Crippen LogP contribution is 2.05. The van der Waals surface area contributed by atoms with Crippen LogP contribution in [-0.4, -0.2) is 12.6 Å². The molecule has 62 valence electrons. The molecule has 0 N–H and O–H groups in total. The number of hydrogen-bond acceptors (Lipinski definition) is 0. The van der Waals surface area contributed by atoms with Crippen LogP contribution in [0.25, 0.3) is 0 Å². The van der Waals surface area contributed by atoms with E-state index in [1.807, 2.05) is 0 Å². The Kier molecular flexibility index (Phi) is 9.42. The van der Waals surface area contributed by atoms with Crippen molar-refractivity contribution in [2.24, 2.45) is 0 Å². The van der Waals surface area contributed by atoms with Crippen molar-refractivity contribution < 1.29 is 4.39 Å². The van der Waals surface area contributed by atoms with Gasteiger partial charge in [-0.1, -0.05) is 25.7 Å². The molecular formula is C8H16ClF. The maximum atomic E-state index is 11.5. The third kappa shape index (κ3) is 8.22. The molecule has 0 saturated carbocycles. The van der Waals surface area contributed by atoms with E-state index in [4.69, 9.17) is 11.6 Å². The topological polar surface area (TPSA) is 0 Å². The van der Waals surface area contributed by atoms with Gasteiger partial charge in [-0.2, -0.15) is 0 Å². The van der Waals surface area contributed by atoms with E-state index in [0.29, 0.717) is 0 Å². The molecule has 0 saturated heterocycles. The Bertz CT molecular complexity index is 49.2. The Morgan fingerprint density at radius 1 is 0.800 bits per heavy atom. The summed E-state index contributed by atoms with van der Waals surface area (Å²) in [6.07, 6.45) is 6.47. The Morgan fingerprint density at radius 2 is 1.30 bits per heavy atom. The molecule has 0 aromatic carbocycles.